The number of hydrogen-bond acceptors (Lipinski definition) is 4. The smallest absolute Gasteiger partial charge is 0.141 e. The highest BCUT2D eigenvalue weighted by Crippen LogP contribution is 2.16. The maximum absolute atomic E-state index is 13.0. The van der Waals surface area contributed by atoms with Crippen LogP contribution in [0.1, 0.15) is 31.5 Å². The van der Waals surface area contributed by atoms with Crippen LogP contribution in [0.15, 0.2) is 18.3 Å². The molecule has 4 nitrogen and oxygen atoms in total. The number of pyridine rings is 1. The van der Waals surface area contributed by atoms with Gasteiger partial charge in [-0.2, -0.15) is 0 Å². The van der Waals surface area contributed by atoms with E-state index in [0.29, 0.717) is 0 Å². The van der Waals surface area contributed by atoms with E-state index in [1.807, 2.05) is 0 Å². The average Bonchev–Trinajstić information content (AvgIpc) is 2.50. The summed E-state index contributed by atoms with van der Waals surface area (Å²) in [5.74, 6) is 1.26. The van der Waals surface area contributed by atoms with Gasteiger partial charge in [-0.15, -0.1) is 0 Å². The summed E-state index contributed by atoms with van der Waals surface area (Å²) in [6.45, 7) is 5.82. The van der Waals surface area contributed by atoms with E-state index in [1.165, 1.54) is 12.3 Å². The first-order valence-electron chi connectivity index (χ1n) is 7.61. The zero-order valence-corrected chi connectivity index (χ0v) is 13.4. The van der Waals surface area contributed by atoms with E-state index in [9.17, 15) is 8.60 Å². The molecular weight excluding hydrogens is 289 g/mol. The minimum atomic E-state index is -0.630. The van der Waals surface area contributed by atoms with E-state index in [0.717, 1.165) is 56.2 Å². The van der Waals surface area contributed by atoms with Crippen molar-refractivity contribution in [3.05, 3.63) is 29.8 Å². The molecule has 118 valence electrons. The maximum Gasteiger partial charge on any atom is 0.141 e. The molecule has 21 heavy (non-hydrogen) atoms. The van der Waals surface area contributed by atoms with Crippen molar-refractivity contribution in [1.82, 2.24) is 15.2 Å². The van der Waals surface area contributed by atoms with Gasteiger partial charge in [0.15, 0.2) is 0 Å². The van der Waals surface area contributed by atoms with Gasteiger partial charge in [0.2, 0.25) is 0 Å². The Kier molecular flexibility index (Phi) is 6.73. The standard InChI is InChI=1S/C15H24FN3OS/c1-2-6-17-15(14-4-3-13(16)12-18-14)5-7-19-8-10-21(20)11-9-19/h3-4,12,15,17H,2,5-11H2,1H3. The molecule has 1 unspecified atom stereocenters. The Morgan fingerprint density at radius 1 is 1.43 bits per heavy atom. The highest BCUT2D eigenvalue weighted by molar-refractivity contribution is 7.85. The number of aromatic nitrogens is 1. The Morgan fingerprint density at radius 3 is 2.81 bits per heavy atom. The molecule has 1 saturated heterocycles. The van der Waals surface area contributed by atoms with Gasteiger partial charge in [-0.25, -0.2) is 4.39 Å². The summed E-state index contributed by atoms with van der Waals surface area (Å²) in [5.41, 5.74) is 0.894. The first-order valence-corrected chi connectivity index (χ1v) is 9.10. The Bertz CT molecular complexity index is 445. The SMILES string of the molecule is CCCNC(CCN1CCS(=O)CC1)c1ccc(F)cn1. The number of halogens is 1. The molecule has 0 spiro atoms. The van der Waals surface area contributed by atoms with Gasteiger partial charge in [0.25, 0.3) is 0 Å². The summed E-state index contributed by atoms with van der Waals surface area (Å²) >= 11 is 0. The largest absolute Gasteiger partial charge is 0.309 e. The van der Waals surface area contributed by atoms with Crippen LogP contribution in [-0.2, 0) is 10.8 Å². The molecule has 1 aliphatic heterocycles. The minimum absolute atomic E-state index is 0.151. The second-order valence-electron chi connectivity index (χ2n) is 5.39. The summed E-state index contributed by atoms with van der Waals surface area (Å²) in [7, 11) is -0.630. The fraction of sp³-hybridized carbons (Fsp3) is 0.667. The molecule has 1 aliphatic rings. The van der Waals surface area contributed by atoms with Crippen LogP contribution >= 0.6 is 0 Å². The topological polar surface area (TPSA) is 45.2 Å². The van der Waals surface area contributed by atoms with Gasteiger partial charge in [-0.1, -0.05) is 6.92 Å². The Hall–Kier alpha value is -0.850. The summed E-state index contributed by atoms with van der Waals surface area (Å²) in [6, 6.07) is 3.37. The minimum Gasteiger partial charge on any atom is -0.309 e. The van der Waals surface area contributed by atoms with Crippen molar-refractivity contribution in [2.75, 3.05) is 37.7 Å². The normalized spacial score (nSPS) is 18.8. The van der Waals surface area contributed by atoms with Gasteiger partial charge in [0.05, 0.1) is 17.9 Å². The molecule has 2 heterocycles. The molecule has 1 N–H and O–H groups in total. The van der Waals surface area contributed by atoms with Crippen LogP contribution in [0.2, 0.25) is 0 Å². The van der Waals surface area contributed by atoms with Crippen molar-refractivity contribution in [2.24, 2.45) is 0 Å². The van der Waals surface area contributed by atoms with E-state index in [2.05, 4.69) is 22.1 Å². The Labute approximate surface area is 128 Å². The lowest BCUT2D eigenvalue weighted by molar-refractivity contribution is 0.277. The van der Waals surface area contributed by atoms with Crippen LogP contribution in [0, 0.1) is 5.82 Å². The summed E-state index contributed by atoms with van der Waals surface area (Å²) in [6.07, 6.45) is 3.27. The summed E-state index contributed by atoms with van der Waals surface area (Å²) in [4.78, 5) is 6.56. The average molecular weight is 313 g/mol. The Morgan fingerprint density at radius 2 is 2.19 bits per heavy atom. The van der Waals surface area contributed by atoms with Crippen molar-refractivity contribution < 1.29 is 8.60 Å². The summed E-state index contributed by atoms with van der Waals surface area (Å²) in [5, 5.41) is 3.48. The third kappa shape index (κ3) is 5.45. The van der Waals surface area contributed by atoms with Crippen LogP contribution in [0.25, 0.3) is 0 Å². The third-order valence-corrected chi connectivity index (χ3v) is 5.03. The van der Waals surface area contributed by atoms with Crippen molar-refractivity contribution in [2.45, 2.75) is 25.8 Å². The molecule has 0 bridgehead atoms. The van der Waals surface area contributed by atoms with Crippen molar-refractivity contribution in [3.8, 4) is 0 Å². The van der Waals surface area contributed by atoms with Crippen LogP contribution in [-0.4, -0.2) is 51.8 Å². The lowest BCUT2D eigenvalue weighted by Gasteiger charge is -2.28. The van der Waals surface area contributed by atoms with Gasteiger partial charge in [-0.05, 0) is 31.5 Å². The predicted octanol–water partition coefficient (Wildman–Crippen LogP) is 1.72. The fourth-order valence-corrected chi connectivity index (χ4v) is 3.61. The quantitative estimate of drug-likeness (QED) is 0.832. The molecule has 1 aromatic heterocycles. The van der Waals surface area contributed by atoms with E-state index < -0.39 is 10.8 Å². The highest BCUT2D eigenvalue weighted by Gasteiger charge is 2.18. The Balaban J connectivity index is 1.89. The molecule has 1 fully saturated rings. The van der Waals surface area contributed by atoms with Gasteiger partial charge >= 0.3 is 0 Å². The lowest BCUT2D eigenvalue weighted by atomic mass is 10.1. The molecular formula is C15H24FN3OS. The third-order valence-electron chi connectivity index (χ3n) is 3.75. The molecule has 0 radical (unpaired) electrons. The van der Waals surface area contributed by atoms with Gasteiger partial charge in [0, 0.05) is 41.9 Å². The van der Waals surface area contributed by atoms with Crippen LogP contribution < -0.4 is 5.32 Å². The molecule has 2 rings (SSSR count). The lowest BCUT2D eigenvalue weighted by Crippen LogP contribution is -2.39. The van der Waals surface area contributed by atoms with Crippen molar-refractivity contribution in [3.63, 3.8) is 0 Å². The zero-order chi connectivity index (χ0) is 15.1. The molecule has 0 aromatic carbocycles. The van der Waals surface area contributed by atoms with Crippen molar-refractivity contribution in [1.29, 1.82) is 0 Å². The van der Waals surface area contributed by atoms with Crippen LogP contribution in [0.3, 0.4) is 0 Å². The number of nitrogens with one attached hydrogen (secondary N) is 1. The maximum atomic E-state index is 13.0. The molecule has 6 heteroatoms. The second kappa shape index (κ2) is 8.56. The highest BCUT2D eigenvalue weighted by atomic mass is 32.2. The first kappa shape index (κ1) is 16.5. The van der Waals surface area contributed by atoms with E-state index in [-0.39, 0.29) is 11.9 Å². The molecule has 0 saturated carbocycles. The summed E-state index contributed by atoms with van der Waals surface area (Å²) < 4.78 is 24.4. The first-order chi connectivity index (χ1) is 10.2. The second-order valence-corrected chi connectivity index (χ2v) is 7.08. The van der Waals surface area contributed by atoms with E-state index >= 15 is 0 Å². The zero-order valence-electron chi connectivity index (χ0n) is 12.6. The number of nitrogens with zero attached hydrogens (tertiary/aromatic N) is 2. The monoisotopic (exact) mass is 313 g/mol. The molecule has 1 atom stereocenters. The predicted molar refractivity (Wildman–Crippen MR) is 84.2 cm³/mol. The van der Waals surface area contributed by atoms with E-state index in [4.69, 9.17) is 0 Å². The number of rotatable bonds is 7. The van der Waals surface area contributed by atoms with Gasteiger partial charge in [0.1, 0.15) is 5.82 Å². The fourth-order valence-electron chi connectivity index (χ4n) is 2.48. The van der Waals surface area contributed by atoms with Crippen molar-refractivity contribution >= 4 is 10.8 Å². The van der Waals surface area contributed by atoms with E-state index in [1.54, 1.807) is 6.07 Å². The molecule has 0 amide bonds. The van der Waals surface area contributed by atoms with Gasteiger partial charge in [-0.3, -0.25) is 9.19 Å². The van der Waals surface area contributed by atoms with Gasteiger partial charge < -0.3 is 10.2 Å². The van der Waals surface area contributed by atoms with Crippen LogP contribution in [0.4, 0.5) is 4.39 Å². The molecule has 1 aromatic rings. The number of hydrogen-bond donors (Lipinski definition) is 1. The van der Waals surface area contributed by atoms with Crippen LogP contribution in [0.5, 0.6) is 0 Å². The molecule has 0 aliphatic carbocycles.